The molecule has 0 radical (unpaired) electrons. The van der Waals surface area contributed by atoms with E-state index in [0.717, 1.165) is 31.0 Å². The van der Waals surface area contributed by atoms with Crippen LogP contribution in [0.4, 0.5) is 0 Å². The minimum absolute atomic E-state index is 0.0952. The Labute approximate surface area is 139 Å². The van der Waals surface area contributed by atoms with Gasteiger partial charge >= 0.3 is 0 Å². The molecule has 2 rings (SSSR count). The van der Waals surface area contributed by atoms with Gasteiger partial charge in [-0.3, -0.25) is 0 Å². The van der Waals surface area contributed by atoms with Crippen LogP contribution in [-0.4, -0.2) is 30.6 Å². The monoisotopic (exact) mass is 449 g/mol. The fraction of sp³-hybridized carbons (Fsp3) is 0.636. The maximum absolute atomic E-state index is 12.7. The zero-order valence-electron chi connectivity index (χ0n) is 10.1. The topological polar surface area (TPSA) is 37.4 Å². The second-order valence-electron chi connectivity index (χ2n) is 4.43. The number of alkyl halides is 1. The summed E-state index contributed by atoms with van der Waals surface area (Å²) in [6.45, 7) is 0.604. The summed E-state index contributed by atoms with van der Waals surface area (Å²) in [5.41, 5.74) is 0. The van der Waals surface area contributed by atoms with Crippen LogP contribution in [0.2, 0.25) is 5.02 Å². The van der Waals surface area contributed by atoms with Crippen LogP contribution >= 0.6 is 54.8 Å². The third kappa shape index (κ3) is 3.55. The third-order valence-corrected chi connectivity index (χ3v) is 8.53. The molecule has 0 saturated carbocycles. The number of piperidine rings is 1. The Kier molecular flexibility index (Phi) is 5.77. The van der Waals surface area contributed by atoms with Gasteiger partial charge in [0.2, 0.25) is 0 Å². The van der Waals surface area contributed by atoms with Crippen LogP contribution < -0.4 is 0 Å². The minimum atomic E-state index is -3.42. The number of halogens is 3. The van der Waals surface area contributed by atoms with Crippen molar-refractivity contribution in [3.8, 4) is 0 Å². The lowest BCUT2D eigenvalue weighted by molar-refractivity contribution is 0.248. The van der Waals surface area contributed by atoms with E-state index in [-0.39, 0.29) is 6.04 Å². The number of thiophene rings is 1. The molecule has 0 spiro atoms. The highest BCUT2D eigenvalue weighted by Crippen LogP contribution is 2.37. The van der Waals surface area contributed by atoms with Gasteiger partial charge in [0.25, 0.3) is 10.0 Å². The molecule has 8 heteroatoms. The zero-order chi connectivity index (χ0) is 14.0. The van der Waals surface area contributed by atoms with Gasteiger partial charge in [0, 0.05) is 17.9 Å². The Morgan fingerprint density at radius 1 is 1.47 bits per heavy atom. The van der Waals surface area contributed by atoms with Crippen LogP contribution in [0.3, 0.4) is 0 Å². The lowest BCUT2D eigenvalue weighted by atomic mass is 10.0. The minimum Gasteiger partial charge on any atom is -0.206 e. The third-order valence-electron chi connectivity index (χ3n) is 3.20. The Hall–Kier alpha value is 0.860. The molecule has 0 amide bonds. The van der Waals surface area contributed by atoms with Gasteiger partial charge in [-0.2, -0.15) is 4.31 Å². The smallest absolute Gasteiger partial charge is 0.206 e. The van der Waals surface area contributed by atoms with E-state index in [1.54, 1.807) is 4.31 Å². The molecule has 0 aromatic carbocycles. The molecular formula is C11H14Br2ClNO2S2. The first-order chi connectivity index (χ1) is 8.96. The van der Waals surface area contributed by atoms with E-state index in [1.807, 2.05) is 0 Å². The molecule has 2 heterocycles. The van der Waals surface area contributed by atoms with Crippen molar-refractivity contribution in [1.82, 2.24) is 4.31 Å². The van der Waals surface area contributed by atoms with Crippen LogP contribution in [0.25, 0.3) is 0 Å². The summed E-state index contributed by atoms with van der Waals surface area (Å²) in [6.07, 6.45) is 3.81. The number of rotatable bonds is 4. The van der Waals surface area contributed by atoms with E-state index < -0.39 is 10.0 Å². The van der Waals surface area contributed by atoms with Crippen molar-refractivity contribution >= 4 is 64.8 Å². The van der Waals surface area contributed by atoms with Crippen molar-refractivity contribution in [2.45, 2.75) is 35.9 Å². The predicted octanol–water partition coefficient (Wildman–Crippen LogP) is 4.49. The van der Waals surface area contributed by atoms with E-state index in [4.69, 9.17) is 11.6 Å². The Morgan fingerprint density at radius 2 is 2.21 bits per heavy atom. The summed E-state index contributed by atoms with van der Waals surface area (Å²) in [6, 6.07) is 1.63. The first-order valence-electron chi connectivity index (χ1n) is 5.99. The van der Waals surface area contributed by atoms with Gasteiger partial charge in [0.1, 0.15) is 4.21 Å². The molecule has 108 valence electrons. The van der Waals surface area contributed by atoms with Gasteiger partial charge < -0.3 is 0 Å². The molecular weight excluding hydrogens is 438 g/mol. The molecule has 1 fully saturated rings. The number of hydrogen-bond acceptors (Lipinski definition) is 3. The predicted molar refractivity (Wildman–Crippen MR) is 87.0 cm³/mol. The first kappa shape index (κ1) is 16.2. The lowest BCUT2D eigenvalue weighted by Gasteiger charge is -2.34. The Morgan fingerprint density at radius 3 is 2.79 bits per heavy atom. The van der Waals surface area contributed by atoms with Gasteiger partial charge in [0.05, 0.1) is 8.81 Å². The van der Waals surface area contributed by atoms with Gasteiger partial charge in [-0.25, -0.2) is 8.42 Å². The van der Waals surface area contributed by atoms with Crippen molar-refractivity contribution in [2.75, 3.05) is 11.9 Å². The molecule has 0 aliphatic carbocycles. The second-order valence-corrected chi connectivity index (χ2v) is 10.1. The van der Waals surface area contributed by atoms with Crippen LogP contribution in [0.1, 0.15) is 25.7 Å². The van der Waals surface area contributed by atoms with Crippen LogP contribution in [-0.2, 0) is 10.0 Å². The summed E-state index contributed by atoms with van der Waals surface area (Å²) in [7, 11) is -3.42. The van der Waals surface area contributed by atoms with Crippen molar-refractivity contribution in [2.24, 2.45) is 0 Å². The summed E-state index contributed by atoms with van der Waals surface area (Å²) in [4.78, 5) is 0. The summed E-state index contributed by atoms with van der Waals surface area (Å²) in [5.74, 6) is 0. The molecule has 1 unspecified atom stereocenters. The molecule has 1 saturated heterocycles. The molecule has 1 aliphatic heterocycles. The van der Waals surface area contributed by atoms with Crippen molar-refractivity contribution in [3.63, 3.8) is 0 Å². The van der Waals surface area contributed by atoms with Crippen molar-refractivity contribution in [1.29, 1.82) is 0 Å². The molecule has 0 bridgehead atoms. The van der Waals surface area contributed by atoms with E-state index in [9.17, 15) is 8.42 Å². The van der Waals surface area contributed by atoms with Crippen molar-refractivity contribution in [3.05, 3.63) is 14.9 Å². The zero-order valence-corrected chi connectivity index (χ0v) is 15.7. The largest absolute Gasteiger partial charge is 0.252 e. The molecule has 1 atom stereocenters. The van der Waals surface area contributed by atoms with Crippen LogP contribution in [0, 0.1) is 0 Å². The number of nitrogens with zero attached hydrogens (tertiary/aromatic N) is 1. The normalized spacial score (nSPS) is 21.7. The lowest BCUT2D eigenvalue weighted by Crippen LogP contribution is -2.43. The fourth-order valence-electron chi connectivity index (χ4n) is 2.27. The summed E-state index contributed by atoms with van der Waals surface area (Å²) in [5, 5.41) is 1.27. The fourth-order valence-corrected chi connectivity index (χ4v) is 7.06. The van der Waals surface area contributed by atoms with E-state index >= 15 is 0 Å². The average molecular weight is 452 g/mol. The Balaban J connectivity index is 2.31. The van der Waals surface area contributed by atoms with Gasteiger partial charge in [-0.15, -0.1) is 11.3 Å². The maximum atomic E-state index is 12.7. The highest BCUT2D eigenvalue weighted by atomic mass is 79.9. The summed E-state index contributed by atoms with van der Waals surface area (Å²) < 4.78 is 28.0. The first-order valence-corrected chi connectivity index (χ1v) is 10.5. The number of hydrogen-bond donors (Lipinski definition) is 0. The van der Waals surface area contributed by atoms with Gasteiger partial charge in [-0.05, 0) is 41.3 Å². The quantitative estimate of drug-likeness (QED) is 0.633. The highest BCUT2D eigenvalue weighted by Gasteiger charge is 2.34. The maximum Gasteiger partial charge on any atom is 0.252 e. The van der Waals surface area contributed by atoms with E-state index in [0.29, 0.717) is 19.6 Å². The van der Waals surface area contributed by atoms with E-state index in [2.05, 4.69) is 31.9 Å². The standard InChI is InChI=1S/C11H14Br2ClNO2S2/c12-5-4-8-3-1-2-6-15(8)19(16,17)10-7-9(14)11(13)18-10/h7-8H,1-6H2. The van der Waals surface area contributed by atoms with E-state index in [1.165, 1.54) is 17.4 Å². The molecule has 1 aliphatic rings. The van der Waals surface area contributed by atoms with Crippen LogP contribution in [0.5, 0.6) is 0 Å². The average Bonchev–Trinajstić information content (AvgIpc) is 2.71. The SMILES string of the molecule is O=S(=O)(c1cc(Cl)c(Br)s1)N1CCCCC1CCBr. The molecule has 0 N–H and O–H groups in total. The molecule has 1 aromatic heterocycles. The van der Waals surface area contributed by atoms with Gasteiger partial charge in [0.15, 0.2) is 0 Å². The second kappa shape index (κ2) is 6.75. The van der Waals surface area contributed by atoms with Crippen molar-refractivity contribution < 1.29 is 8.42 Å². The Bertz CT molecular complexity index is 525. The van der Waals surface area contributed by atoms with Gasteiger partial charge in [-0.1, -0.05) is 34.0 Å². The molecule has 19 heavy (non-hydrogen) atoms. The molecule has 1 aromatic rings. The highest BCUT2D eigenvalue weighted by molar-refractivity contribution is 9.11. The summed E-state index contributed by atoms with van der Waals surface area (Å²) >= 11 is 13.8. The molecule has 3 nitrogen and oxygen atoms in total. The van der Waals surface area contributed by atoms with Crippen LogP contribution in [0.15, 0.2) is 14.1 Å². The number of sulfonamides is 1.